The van der Waals surface area contributed by atoms with Crippen molar-refractivity contribution < 1.29 is 4.39 Å². The lowest BCUT2D eigenvalue weighted by Gasteiger charge is -2.15. The standard InChI is InChI=1S/C10H18FN.C2H4/c1-5-6-7-9(8-12-4)10(2,3)11;1-2/h6-8,12H,5H2,1-4H3;1-2H2/b7-6+,9-8+;. The minimum Gasteiger partial charge on any atom is -0.394 e. The molecule has 2 heteroatoms. The van der Waals surface area contributed by atoms with Crippen molar-refractivity contribution in [2.45, 2.75) is 32.9 Å². The van der Waals surface area contributed by atoms with E-state index in [0.29, 0.717) is 5.57 Å². The minimum atomic E-state index is -1.27. The number of hydrogen-bond donors (Lipinski definition) is 1. The first kappa shape index (κ1) is 15.4. The number of alkyl halides is 1. The number of allylic oxidation sites excluding steroid dienone is 3. The molecule has 0 atom stereocenters. The zero-order valence-electron chi connectivity index (χ0n) is 9.73. The van der Waals surface area contributed by atoms with E-state index in [0.717, 1.165) is 6.42 Å². The van der Waals surface area contributed by atoms with E-state index in [9.17, 15) is 4.39 Å². The van der Waals surface area contributed by atoms with Crippen molar-refractivity contribution in [2.24, 2.45) is 0 Å². The van der Waals surface area contributed by atoms with Crippen LogP contribution in [-0.2, 0) is 0 Å². The highest BCUT2D eigenvalue weighted by molar-refractivity contribution is 5.26. The number of hydrogen-bond acceptors (Lipinski definition) is 1. The van der Waals surface area contributed by atoms with Gasteiger partial charge in [-0.15, -0.1) is 13.2 Å². The van der Waals surface area contributed by atoms with E-state index >= 15 is 0 Å². The molecule has 1 N–H and O–H groups in total. The van der Waals surface area contributed by atoms with Crippen LogP contribution in [0, 0.1) is 0 Å². The summed E-state index contributed by atoms with van der Waals surface area (Å²) in [5.74, 6) is 0. The van der Waals surface area contributed by atoms with Crippen LogP contribution in [0.1, 0.15) is 27.2 Å². The molecule has 0 aromatic heterocycles. The highest BCUT2D eigenvalue weighted by Crippen LogP contribution is 2.20. The molecule has 0 radical (unpaired) electrons. The van der Waals surface area contributed by atoms with Gasteiger partial charge in [-0.2, -0.15) is 0 Å². The van der Waals surface area contributed by atoms with E-state index in [1.165, 1.54) is 0 Å². The smallest absolute Gasteiger partial charge is 0.131 e. The Hall–Kier alpha value is -1.05. The first-order valence-corrected chi connectivity index (χ1v) is 4.75. The molecule has 0 amide bonds. The number of halogens is 1. The molecule has 0 saturated carbocycles. The molecular formula is C12H22FN. The molecule has 0 aliphatic carbocycles. The topological polar surface area (TPSA) is 12.0 Å². The lowest BCUT2D eigenvalue weighted by atomic mass is 10.0. The van der Waals surface area contributed by atoms with Gasteiger partial charge in [-0.1, -0.05) is 19.1 Å². The molecular weight excluding hydrogens is 177 g/mol. The minimum absolute atomic E-state index is 0.673. The summed E-state index contributed by atoms with van der Waals surface area (Å²) in [7, 11) is 1.77. The van der Waals surface area contributed by atoms with E-state index < -0.39 is 5.67 Å². The molecule has 82 valence electrons. The normalized spacial score (nSPS) is 12.2. The van der Waals surface area contributed by atoms with Crippen LogP contribution in [0.3, 0.4) is 0 Å². The van der Waals surface area contributed by atoms with Crippen LogP contribution in [-0.4, -0.2) is 12.7 Å². The number of nitrogens with one attached hydrogen (secondary N) is 1. The van der Waals surface area contributed by atoms with Crippen LogP contribution >= 0.6 is 0 Å². The zero-order chi connectivity index (χ0) is 11.6. The summed E-state index contributed by atoms with van der Waals surface area (Å²) in [6, 6.07) is 0. The summed E-state index contributed by atoms with van der Waals surface area (Å²) in [5.41, 5.74) is -0.596. The fourth-order valence-corrected chi connectivity index (χ4v) is 0.818. The summed E-state index contributed by atoms with van der Waals surface area (Å²) >= 11 is 0. The van der Waals surface area contributed by atoms with Crippen LogP contribution < -0.4 is 5.32 Å². The summed E-state index contributed by atoms with van der Waals surface area (Å²) < 4.78 is 13.4. The molecule has 0 aromatic carbocycles. The Kier molecular flexibility index (Phi) is 9.41. The zero-order valence-corrected chi connectivity index (χ0v) is 9.73. The van der Waals surface area contributed by atoms with Gasteiger partial charge in [0.25, 0.3) is 0 Å². The molecule has 0 bridgehead atoms. The van der Waals surface area contributed by atoms with E-state index in [4.69, 9.17) is 0 Å². The van der Waals surface area contributed by atoms with Gasteiger partial charge >= 0.3 is 0 Å². The molecule has 0 fully saturated rings. The van der Waals surface area contributed by atoms with Crippen LogP contribution in [0.5, 0.6) is 0 Å². The Labute approximate surface area is 87.4 Å². The summed E-state index contributed by atoms with van der Waals surface area (Å²) in [6.45, 7) is 11.1. The molecule has 0 aliphatic heterocycles. The van der Waals surface area contributed by atoms with Crippen molar-refractivity contribution in [2.75, 3.05) is 7.05 Å². The van der Waals surface area contributed by atoms with Gasteiger partial charge in [-0.25, -0.2) is 4.39 Å². The monoisotopic (exact) mass is 199 g/mol. The van der Waals surface area contributed by atoms with Gasteiger partial charge in [0, 0.05) is 18.8 Å². The van der Waals surface area contributed by atoms with E-state index in [-0.39, 0.29) is 0 Å². The maximum atomic E-state index is 13.4. The van der Waals surface area contributed by atoms with Crippen molar-refractivity contribution in [1.82, 2.24) is 5.32 Å². The average molecular weight is 199 g/mol. The largest absolute Gasteiger partial charge is 0.394 e. The SMILES string of the molecule is C=C.CC/C=C/C(=C\NC)C(C)(C)F. The van der Waals surface area contributed by atoms with Gasteiger partial charge in [-0.3, -0.25) is 0 Å². The lowest BCUT2D eigenvalue weighted by molar-refractivity contribution is 0.273. The second-order valence-corrected chi connectivity index (χ2v) is 3.17. The van der Waals surface area contributed by atoms with Crippen molar-refractivity contribution in [1.29, 1.82) is 0 Å². The summed E-state index contributed by atoms with van der Waals surface area (Å²) in [5, 5.41) is 2.83. The van der Waals surface area contributed by atoms with Crippen molar-refractivity contribution in [3.63, 3.8) is 0 Å². The van der Waals surface area contributed by atoms with Crippen LogP contribution in [0.2, 0.25) is 0 Å². The molecule has 0 heterocycles. The van der Waals surface area contributed by atoms with Crippen molar-refractivity contribution in [3.05, 3.63) is 37.1 Å². The molecule has 0 aromatic rings. The van der Waals surface area contributed by atoms with E-state index in [2.05, 4.69) is 18.5 Å². The van der Waals surface area contributed by atoms with Gasteiger partial charge < -0.3 is 5.32 Å². The first-order chi connectivity index (χ1) is 6.52. The fourth-order valence-electron chi connectivity index (χ4n) is 0.818. The van der Waals surface area contributed by atoms with Crippen molar-refractivity contribution in [3.8, 4) is 0 Å². The molecule has 1 nitrogen and oxygen atoms in total. The van der Waals surface area contributed by atoms with E-state index in [1.807, 2.05) is 19.1 Å². The van der Waals surface area contributed by atoms with Gasteiger partial charge in [0.05, 0.1) is 0 Å². The quantitative estimate of drug-likeness (QED) is 0.539. The summed E-state index contributed by atoms with van der Waals surface area (Å²) in [4.78, 5) is 0. The molecule has 0 saturated heterocycles. The Morgan fingerprint density at radius 1 is 1.43 bits per heavy atom. The van der Waals surface area contributed by atoms with E-state index in [1.54, 1.807) is 27.1 Å². The Bertz CT molecular complexity index is 187. The highest BCUT2D eigenvalue weighted by Gasteiger charge is 2.18. The van der Waals surface area contributed by atoms with Crippen LogP contribution in [0.25, 0.3) is 0 Å². The van der Waals surface area contributed by atoms with Crippen LogP contribution in [0.4, 0.5) is 4.39 Å². The average Bonchev–Trinajstić information content (AvgIpc) is 2.14. The second kappa shape index (κ2) is 8.54. The molecule has 14 heavy (non-hydrogen) atoms. The Balaban J connectivity index is 0. The van der Waals surface area contributed by atoms with Gasteiger partial charge in [0.1, 0.15) is 5.67 Å². The summed E-state index contributed by atoms with van der Waals surface area (Å²) in [6.07, 6.45) is 6.38. The van der Waals surface area contributed by atoms with Gasteiger partial charge in [0.2, 0.25) is 0 Å². The molecule has 0 spiro atoms. The predicted molar refractivity (Wildman–Crippen MR) is 63.0 cm³/mol. The van der Waals surface area contributed by atoms with Gasteiger partial charge in [-0.05, 0) is 20.3 Å². The third-order valence-electron chi connectivity index (χ3n) is 1.52. The second-order valence-electron chi connectivity index (χ2n) is 3.17. The van der Waals surface area contributed by atoms with Crippen LogP contribution in [0.15, 0.2) is 37.1 Å². The fraction of sp³-hybridized carbons (Fsp3) is 0.500. The maximum absolute atomic E-state index is 13.4. The highest BCUT2D eigenvalue weighted by atomic mass is 19.1. The molecule has 0 aliphatic rings. The molecule has 0 unspecified atom stereocenters. The third-order valence-corrected chi connectivity index (χ3v) is 1.52. The first-order valence-electron chi connectivity index (χ1n) is 4.75. The van der Waals surface area contributed by atoms with Crippen molar-refractivity contribution >= 4 is 0 Å². The lowest BCUT2D eigenvalue weighted by Crippen LogP contribution is -2.16. The van der Waals surface area contributed by atoms with Gasteiger partial charge in [0.15, 0.2) is 0 Å². The number of rotatable bonds is 4. The molecule has 0 rings (SSSR count). The Morgan fingerprint density at radius 3 is 2.21 bits per heavy atom. The Morgan fingerprint density at radius 2 is 1.93 bits per heavy atom. The maximum Gasteiger partial charge on any atom is 0.131 e. The predicted octanol–water partition coefficient (Wildman–Crippen LogP) is 3.61. The third kappa shape index (κ3) is 7.59.